The maximum Gasteiger partial charge on any atom is 0.250 e. The van der Waals surface area contributed by atoms with E-state index < -0.39 is 6.04 Å². The Balaban J connectivity index is 1.58. The van der Waals surface area contributed by atoms with Gasteiger partial charge in [-0.3, -0.25) is 14.5 Å². The summed E-state index contributed by atoms with van der Waals surface area (Å²) in [4.78, 5) is 27.8. The molecule has 2 aromatic heterocycles. The minimum Gasteiger partial charge on any atom is -0.344 e. The Bertz CT molecular complexity index is 757. The summed E-state index contributed by atoms with van der Waals surface area (Å²) in [6.45, 7) is 3.35. The van der Waals surface area contributed by atoms with Gasteiger partial charge in [0.05, 0.1) is 10.5 Å². The van der Waals surface area contributed by atoms with Crippen molar-refractivity contribution in [3.05, 3.63) is 33.6 Å². The first-order valence-corrected chi connectivity index (χ1v) is 9.64. The number of carbonyl (C=O) groups excluding carboxylic acids is 2. The first-order valence-electron chi connectivity index (χ1n) is 8.45. The van der Waals surface area contributed by atoms with Crippen molar-refractivity contribution in [3.63, 3.8) is 0 Å². The number of amides is 2. The molecule has 2 amide bonds. The highest BCUT2D eigenvalue weighted by molar-refractivity contribution is 7.16. The van der Waals surface area contributed by atoms with Crippen LogP contribution < -0.4 is 10.2 Å². The van der Waals surface area contributed by atoms with Crippen molar-refractivity contribution in [1.82, 2.24) is 15.1 Å². The summed E-state index contributed by atoms with van der Waals surface area (Å²) in [5, 5.41) is 7.11. The van der Waals surface area contributed by atoms with Gasteiger partial charge in [0.15, 0.2) is 0 Å². The number of nitrogens with zero attached hydrogens (tertiary/aromatic N) is 3. The van der Waals surface area contributed by atoms with Gasteiger partial charge in [0.1, 0.15) is 11.9 Å². The van der Waals surface area contributed by atoms with Crippen LogP contribution in [0.3, 0.4) is 0 Å². The Labute approximate surface area is 155 Å². The number of hydrogen-bond donors (Lipinski definition) is 1. The van der Waals surface area contributed by atoms with Crippen LogP contribution in [0.15, 0.2) is 24.4 Å². The Kier molecular flexibility index (Phi) is 5.75. The molecule has 0 spiro atoms. The number of aromatic nitrogens is 2. The summed E-state index contributed by atoms with van der Waals surface area (Å²) in [6.07, 6.45) is 4.21. The topological polar surface area (TPSA) is 67.2 Å². The highest BCUT2D eigenvalue weighted by Crippen LogP contribution is 2.23. The molecule has 1 fully saturated rings. The number of rotatable bonds is 6. The molecule has 1 saturated heterocycles. The third-order valence-corrected chi connectivity index (χ3v) is 5.56. The summed E-state index contributed by atoms with van der Waals surface area (Å²) in [6, 6.07) is 5.14. The van der Waals surface area contributed by atoms with Gasteiger partial charge in [0.2, 0.25) is 5.91 Å². The van der Waals surface area contributed by atoms with Crippen LogP contribution in [0.2, 0.25) is 4.34 Å². The summed E-state index contributed by atoms with van der Waals surface area (Å²) in [7, 11) is 0. The van der Waals surface area contributed by atoms with E-state index in [1.165, 1.54) is 11.3 Å². The van der Waals surface area contributed by atoms with Crippen LogP contribution in [0.4, 0.5) is 5.82 Å². The van der Waals surface area contributed by atoms with Crippen molar-refractivity contribution in [2.24, 2.45) is 0 Å². The number of nitrogens with one attached hydrogen (secondary N) is 1. The summed E-state index contributed by atoms with van der Waals surface area (Å²) < 4.78 is 2.52. The van der Waals surface area contributed by atoms with Gasteiger partial charge in [0, 0.05) is 30.5 Å². The van der Waals surface area contributed by atoms with Gasteiger partial charge in [-0.15, -0.1) is 11.3 Å². The fraction of sp³-hybridized carbons (Fsp3) is 0.471. The van der Waals surface area contributed by atoms with Crippen molar-refractivity contribution >= 4 is 40.6 Å². The zero-order valence-corrected chi connectivity index (χ0v) is 15.6. The zero-order valence-electron chi connectivity index (χ0n) is 14.1. The number of anilines is 1. The molecule has 0 saturated carbocycles. The van der Waals surface area contributed by atoms with Gasteiger partial charge in [-0.2, -0.15) is 5.10 Å². The van der Waals surface area contributed by atoms with E-state index in [-0.39, 0.29) is 11.8 Å². The molecule has 1 aliphatic rings. The lowest BCUT2D eigenvalue weighted by molar-refractivity contribution is -0.128. The molecule has 0 aliphatic carbocycles. The Morgan fingerprint density at radius 2 is 2.28 bits per heavy atom. The second kappa shape index (κ2) is 8.01. The maximum atomic E-state index is 12.8. The number of hydrogen-bond acceptors (Lipinski definition) is 4. The van der Waals surface area contributed by atoms with Gasteiger partial charge in [-0.1, -0.05) is 11.6 Å². The molecule has 0 aromatic carbocycles. The predicted octanol–water partition coefficient (Wildman–Crippen LogP) is 2.86. The number of halogens is 1. The SMILES string of the molecule is CCn1nccc1N1CCC[C@H](NC(=O)CCc2ccc(Cl)s2)C1=O. The second-order valence-corrected chi connectivity index (χ2v) is 7.76. The lowest BCUT2D eigenvalue weighted by Crippen LogP contribution is -2.53. The molecular formula is C17H21ClN4O2S. The number of piperidine rings is 1. The molecule has 8 heteroatoms. The van der Waals surface area contributed by atoms with Crippen LogP contribution in [0.1, 0.15) is 31.1 Å². The van der Waals surface area contributed by atoms with E-state index in [0.717, 1.165) is 21.5 Å². The standard InChI is InChI=1S/C17H21ClN4O2S/c1-2-22-16(9-10-19-22)21-11-3-4-13(17(21)24)20-15(23)8-6-12-5-7-14(18)25-12/h5,7,9-10,13H,2-4,6,8,11H2,1H3,(H,20,23)/t13-/m0/s1. The van der Waals surface area contributed by atoms with E-state index in [9.17, 15) is 9.59 Å². The molecule has 134 valence electrons. The Hall–Kier alpha value is -1.86. The van der Waals surface area contributed by atoms with Crippen molar-refractivity contribution in [2.75, 3.05) is 11.4 Å². The van der Waals surface area contributed by atoms with Crippen LogP contribution >= 0.6 is 22.9 Å². The molecular weight excluding hydrogens is 360 g/mol. The average molecular weight is 381 g/mol. The van der Waals surface area contributed by atoms with E-state index in [0.29, 0.717) is 32.4 Å². The highest BCUT2D eigenvalue weighted by atomic mass is 35.5. The van der Waals surface area contributed by atoms with Crippen molar-refractivity contribution in [1.29, 1.82) is 0 Å². The summed E-state index contributed by atoms with van der Waals surface area (Å²) >= 11 is 7.38. The largest absolute Gasteiger partial charge is 0.344 e. The van der Waals surface area contributed by atoms with Gasteiger partial charge in [0.25, 0.3) is 5.91 Å². The summed E-state index contributed by atoms with van der Waals surface area (Å²) in [5.41, 5.74) is 0. The van der Waals surface area contributed by atoms with Crippen LogP contribution in [0.25, 0.3) is 0 Å². The molecule has 3 rings (SSSR count). The van der Waals surface area contributed by atoms with Gasteiger partial charge in [-0.05, 0) is 38.3 Å². The van der Waals surface area contributed by atoms with E-state index >= 15 is 0 Å². The predicted molar refractivity (Wildman–Crippen MR) is 99.1 cm³/mol. The molecule has 0 radical (unpaired) electrons. The van der Waals surface area contributed by atoms with E-state index in [4.69, 9.17) is 11.6 Å². The van der Waals surface area contributed by atoms with Crippen molar-refractivity contribution < 1.29 is 9.59 Å². The Morgan fingerprint density at radius 1 is 1.44 bits per heavy atom. The maximum absolute atomic E-state index is 12.8. The second-order valence-electron chi connectivity index (χ2n) is 5.96. The fourth-order valence-corrected chi connectivity index (χ4v) is 4.11. The molecule has 1 atom stereocenters. The molecule has 1 N–H and O–H groups in total. The highest BCUT2D eigenvalue weighted by Gasteiger charge is 2.32. The van der Waals surface area contributed by atoms with Crippen LogP contribution in [0.5, 0.6) is 0 Å². The third kappa shape index (κ3) is 4.22. The number of thiophene rings is 1. The van der Waals surface area contributed by atoms with E-state index in [1.54, 1.807) is 15.8 Å². The molecule has 6 nitrogen and oxygen atoms in total. The van der Waals surface area contributed by atoms with Gasteiger partial charge < -0.3 is 5.32 Å². The zero-order chi connectivity index (χ0) is 17.8. The average Bonchev–Trinajstić information content (AvgIpc) is 3.23. The number of aryl methyl sites for hydroxylation is 2. The smallest absolute Gasteiger partial charge is 0.250 e. The first-order chi connectivity index (χ1) is 12.1. The van der Waals surface area contributed by atoms with Crippen molar-refractivity contribution in [2.45, 2.75) is 45.2 Å². The molecule has 0 bridgehead atoms. The quantitative estimate of drug-likeness (QED) is 0.837. The van der Waals surface area contributed by atoms with Gasteiger partial charge >= 0.3 is 0 Å². The lowest BCUT2D eigenvalue weighted by Gasteiger charge is -2.32. The lowest BCUT2D eigenvalue weighted by atomic mass is 10.0. The summed E-state index contributed by atoms with van der Waals surface area (Å²) in [5.74, 6) is 0.627. The van der Waals surface area contributed by atoms with Crippen LogP contribution in [-0.4, -0.2) is 34.2 Å². The normalized spacial score (nSPS) is 17.8. The van der Waals surface area contributed by atoms with E-state index in [1.807, 2.05) is 25.1 Å². The molecule has 25 heavy (non-hydrogen) atoms. The minimum absolute atomic E-state index is 0.0611. The fourth-order valence-electron chi connectivity index (χ4n) is 3.02. The molecule has 3 heterocycles. The molecule has 2 aromatic rings. The van der Waals surface area contributed by atoms with Gasteiger partial charge in [-0.25, -0.2) is 4.68 Å². The van der Waals surface area contributed by atoms with Crippen LogP contribution in [-0.2, 0) is 22.6 Å². The molecule has 1 aliphatic heterocycles. The van der Waals surface area contributed by atoms with E-state index in [2.05, 4.69) is 10.4 Å². The first kappa shape index (κ1) is 17.9. The minimum atomic E-state index is -0.464. The molecule has 0 unspecified atom stereocenters. The van der Waals surface area contributed by atoms with Crippen molar-refractivity contribution in [3.8, 4) is 0 Å². The van der Waals surface area contributed by atoms with Crippen LogP contribution in [0, 0.1) is 0 Å². The Morgan fingerprint density at radius 3 is 3.00 bits per heavy atom. The number of carbonyl (C=O) groups is 2. The third-order valence-electron chi connectivity index (χ3n) is 4.27. The monoisotopic (exact) mass is 380 g/mol.